The third-order valence-electron chi connectivity index (χ3n) is 6.39. The molecule has 1 aromatic rings. The van der Waals surface area contributed by atoms with Crippen LogP contribution in [0.25, 0.3) is 0 Å². The van der Waals surface area contributed by atoms with E-state index in [0.717, 1.165) is 11.4 Å². The summed E-state index contributed by atoms with van der Waals surface area (Å²) in [6, 6.07) is 5.32. The molecular formula is C20H20N2O4. The Balaban J connectivity index is 1.43. The number of amides is 2. The van der Waals surface area contributed by atoms with Crippen LogP contribution in [0.1, 0.15) is 12.0 Å². The first-order chi connectivity index (χ1) is 12.6. The molecule has 26 heavy (non-hydrogen) atoms. The van der Waals surface area contributed by atoms with E-state index in [2.05, 4.69) is 17.3 Å². The molecule has 5 aliphatic rings. The molecule has 0 aromatic heterocycles. The van der Waals surface area contributed by atoms with Crippen molar-refractivity contribution in [3.05, 3.63) is 35.9 Å². The Kier molecular flexibility index (Phi) is 3.26. The van der Waals surface area contributed by atoms with E-state index in [0.29, 0.717) is 28.9 Å². The lowest BCUT2D eigenvalue weighted by atomic mass is 9.63. The van der Waals surface area contributed by atoms with Gasteiger partial charge in [0, 0.05) is 11.6 Å². The summed E-state index contributed by atoms with van der Waals surface area (Å²) in [5, 5.41) is 5.32. The molecule has 2 amide bonds. The van der Waals surface area contributed by atoms with Crippen molar-refractivity contribution in [3.63, 3.8) is 0 Å². The molecule has 0 unspecified atom stereocenters. The zero-order valence-electron chi connectivity index (χ0n) is 14.7. The molecule has 1 aliphatic heterocycles. The summed E-state index contributed by atoms with van der Waals surface area (Å²) in [6.45, 7) is 0. The first kappa shape index (κ1) is 15.6. The zero-order valence-corrected chi connectivity index (χ0v) is 14.7. The maximum absolute atomic E-state index is 12.9. The Morgan fingerprint density at radius 2 is 1.69 bits per heavy atom. The predicted molar refractivity (Wildman–Crippen MR) is 93.7 cm³/mol. The van der Waals surface area contributed by atoms with Crippen molar-refractivity contribution < 1.29 is 19.1 Å². The molecule has 2 saturated carbocycles. The molecule has 0 N–H and O–H groups in total. The normalized spacial score (nSPS) is 36.5. The van der Waals surface area contributed by atoms with Gasteiger partial charge in [0.15, 0.2) is 0 Å². The fourth-order valence-corrected chi connectivity index (χ4v) is 5.10. The Bertz CT molecular complexity index is 825. The van der Waals surface area contributed by atoms with Crippen LogP contribution >= 0.6 is 0 Å². The van der Waals surface area contributed by atoms with Crippen LogP contribution in [0.4, 0.5) is 0 Å². The summed E-state index contributed by atoms with van der Waals surface area (Å²) in [6.07, 6.45) is 6.99. The number of carbonyl (C=O) groups is 2. The minimum Gasteiger partial charge on any atom is -0.497 e. The van der Waals surface area contributed by atoms with Crippen LogP contribution in [0.2, 0.25) is 0 Å². The summed E-state index contributed by atoms with van der Waals surface area (Å²) in [4.78, 5) is 25.8. The van der Waals surface area contributed by atoms with Gasteiger partial charge in [0.2, 0.25) is 0 Å². The molecular weight excluding hydrogens is 332 g/mol. The number of nitrogens with zero attached hydrogens (tertiary/aromatic N) is 2. The lowest BCUT2D eigenvalue weighted by Gasteiger charge is -2.37. The minimum absolute atomic E-state index is 0.159. The molecule has 2 bridgehead atoms. The van der Waals surface area contributed by atoms with E-state index < -0.39 is 0 Å². The van der Waals surface area contributed by atoms with Gasteiger partial charge in [0.1, 0.15) is 11.5 Å². The molecule has 1 heterocycles. The van der Waals surface area contributed by atoms with Crippen LogP contribution < -0.4 is 9.47 Å². The molecule has 134 valence electrons. The quantitative estimate of drug-likeness (QED) is 0.473. The van der Waals surface area contributed by atoms with E-state index in [1.807, 2.05) is 0 Å². The van der Waals surface area contributed by atoms with Crippen LogP contribution in [-0.4, -0.2) is 37.3 Å². The first-order valence-corrected chi connectivity index (χ1v) is 8.96. The van der Waals surface area contributed by atoms with Crippen LogP contribution in [-0.2, 0) is 9.59 Å². The highest BCUT2D eigenvalue weighted by Gasteiger charge is 2.67. The molecule has 6 rings (SSSR count). The van der Waals surface area contributed by atoms with Crippen molar-refractivity contribution in [2.24, 2.45) is 40.6 Å². The third-order valence-corrected chi connectivity index (χ3v) is 6.39. The van der Waals surface area contributed by atoms with Gasteiger partial charge in [-0.3, -0.25) is 9.59 Å². The van der Waals surface area contributed by atoms with Gasteiger partial charge in [0.25, 0.3) is 11.8 Å². The summed E-state index contributed by atoms with van der Waals surface area (Å²) in [5.41, 5.74) is 0.688. The first-order valence-electron chi connectivity index (χ1n) is 8.96. The van der Waals surface area contributed by atoms with E-state index in [-0.39, 0.29) is 35.5 Å². The van der Waals surface area contributed by atoms with Gasteiger partial charge in [-0.1, -0.05) is 12.2 Å². The standard InChI is InChI=1S/C20H20N2O4/c1-25-11-4-3-10(16(7-11)26-2)9-21-22-19(23)17-12-5-6-13(15-8-14(12)15)18(17)20(22)24/h3-7,9,12-15,17-18H,8H2,1-2H3/b21-9-/t12-,13-,14-,15+,17+,18-/m1/s1. The highest BCUT2D eigenvalue weighted by Crippen LogP contribution is 2.65. The van der Waals surface area contributed by atoms with E-state index in [1.54, 1.807) is 32.4 Å². The van der Waals surface area contributed by atoms with Gasteiger partial charge in [-0.15, -0.1) is 0 Å². The van der Waals surface area contributed by atoms with Crippen molar-refractivity contribution in [2.45, 2.75) is 6.42 Å². The molecule has 6 heteroatoms. The Morgan fingerprint density at radius 3 is 2.27 bits per heavy atom. The molecule has 1 aromatic carbocycles. The molecule has 6 atom stereocenters. The number of hydrogen-bond acceptors (Lipinski definition) is 5. The smallest absolute Gasteiger partial charge is 0.254 e. The van der Waals surface area contributed by atoms with Crippen molar-refractivity contribution >= 4 is 18.0 Å². The Hall–Kier alpha value is -2.63. The lowest BCUT2D eigenvalue weighted by molar-refractivity contribution is -0.140. The fraction of sp³-hybridized carbons (Fsp3) is 0.450. The van der Waals surface area contributed by atoms with Gasteiger partial charge in [-0.2, -0.15) is 10.1 Å². The number of rotatable bonds is 4. The summed E-state index contributed by atoms with van der Waals surface area (Å²) in [5.74, 6) is 2.08. The second-order valence-corrected chi connectivity index (χ2v) is 7.50. The third kappa shape index (κ3) is 2.01. The second-order valence-electron chi connectivity index (χ2n) is 7.50. The number of allylic oxidation sites excluding steroid dienone is 2. The Labute approximate surface area is 151 Å². The number of benzene rings is 1. The molecule has 6 nitrogen and oxygen atoms in total. The molecule has 3 fully saturated rings. The summed E-state index contributed by atoms with van der Waals surface area (Å²) >= 11 is 0. The molecule has 0 spiro atoms. The zero-order chi connectivity index (χ0) is 18.0. The van der Waals surface area contributed by atoms with Gasteiger partial charge in [-0.05, 0) is 42.2 Å². The van der Waals surface area contributed by atoms with Crippen molar-refractivity contribution in [2.75, 3.05) is 14.2 Å². The number of imide groups is 1. The second kappa shape index (κ2) is 5.43. The topological polar surface area (TPSA) is 68.2 Å². The van der Waals surface area contributed by atoms with E-state index in [4.69, 9.17) is 9.47 Å². The molecule has 4 aliphatic carbocycles. The maximum Gasteiger partial charge on any atom is 0.254 e. The average molecular weight is 352 g/mol. The SMILES string of the molecule is COc1ccc(/C=N\N2C(=O)[C@@H]3[C@@H]4C=C[C@H]([C@H]5C[C@@H]45)[C@@H]3C2=O)c(OC)c1. The predicted octanol–water partition coefficient (Wildman–Crippen LogP) is 2.09. The molecule has 1 saturated heterocycles. The van der Waals surface area contributed by atoms with E-state index >= 15 is 0 Å². The number of methoxy groups -OCH3 is 2. The lowest BCUT2D eigenvalue weighted by Crippen LogP contribution is -2.40. The van der Waals surface area contributed by atoms with Crippen molar-refractivity contribution in [1.82, 2.24) is 5.01 Å². The van der Waals surface area contributed by atoms with Crippen LogP contribution in [0, 0.1) is 35.5 Å². The van der Waals surface area contributed by atoms with Gasteiger partial charge in [0.05, 0.1) is 32.3 Å². The largest absolute Gasteiger partial charge is 0.497 e. The number of hydrazone groups is 1. The maximum atomic E-state index is 12.9. The van der Waals surface area contributed by atoms with Crippen LogP contribution in [0.5, 0.6) is 11.5 Å². The molecule has 0 radical (unpaired) electrons. The highest BCUT2D eigenvalue weighted by molar-refractivity contribution is 6.06. The van der Waals surface area contributed by atoms with E-state index in [1.165, 1.54) is 6.21 Å². The van der Waals surface area contributed by atoms with Crippen molar-refractivity contribution in [1.29, 1.82) is 0 Å². The van der Waals surface area contributed by atoms with Gasteiger partial charge in [-0.25, -0.2) is 0 Å². The summed E-state index contributed by atoms with van der Waals surface area (Å²) in [7, 11) is 3.14. The van der Waals surface area contributed by atoms with Gasteiger partial charge < -0.3 is 9.47 Å². The van der Waals surface area contributed by atoms with Crippen LogP contribution in [0.15, 0.2) is 35.5 Å². The van der Waals surface area contributed by atoms with Gasteiger partial charge >= 0.3 is 0 Å². The summed E-state index contributed by atoms with van der Waals surface area (Å²) < 4.78 is 10.5. The number of hydrogen-bond donors (Lipinski definition) is 0. The van der Waals surface area contributed by atoms with Crippen LogP contribution in [0.3, 0.4) is 0 Å². The van der Waals surface area contributed by atoms with Crippen molar-refractivity contribution in [3.8, 4) is 11.5 Å². The highest BCUT2D eigenvalue weighted by atomic mass is 16.5. The fourth-order valence-electron chi connectivity index (χ4n) is 5.10. The average Bonchev–Trinajstić information content (AvgIpc) is 3.45. The Morgan fingerprint density at radius 1 is 1.04 bits per heavy atom. The number of ether oxygens (including phenoxy) is 2. The monoisotopic (exact) mass is 352 g/mol. The minimum atomic E-state index is -0.226. The van der Waals surface area contributed by atoms with E-state index in [9.17, 15) is 9.59 Å². The number of carbonyl (C=O) groups excluding carboxylic acids is 2.